The topological polar surface area (TPSA) is 12.9 Å². The summed E-state index contributed by atoms with van der Waals surface area (Å²) in [6.07, 6.45) is 0. The molecule has 1 aliphatic rings. The molecule has 1 aromatic heterocycles. The number of hydrogen-bond donors (Lipinski definition) is 0. The molecule has 0 saturated heterocycles. The van der Waals surface area contributed by atoms with Crippen molar-refractivity contribution in [3.63, 3.8) is 0 Å². The van der Waals surface area contributed by atoms with Gasteiger partial charge in [-0.2, -0.15) is 0 Å². The summed E-state index contributed by atoms with van der Waals surface area (Å²) in [6, 6.07) is 73.4. The van der Waals surface area contributed by atoms with Crippen molar-refractivity contribution in [3.05, 3.63) is 211 Å². The van der Waals surface area contributed by atoms with E-state index in [4.69, 9.17) is 4.98 Å². The first-order chi connectivity index (χ1) is 28.0. The summed E-state index contributed by atoms with van der Waals surface area (Å²) in [7, 11) is 0. The number of pyridine rings is 1. The minimum absolute atomic E-state index is 0.109. The number of benzene rings is 9. The Labute approximate surface area is 333 Å². The molecule has 0 atom stereocenters. The van der Waals surface area contributed by atoms with Gasteiger partial charge >= 0.3 is 0 Å². The van der Waals surface area contributed by atoms with E-state index in [1.165, 1.54) is 82.4 Å². The number of rotatable bonds is 5. The molecular weight excluding hydrogens is 687 g/mol. The van der Waals surface area contributed by atoms with Gasteiger partial charge in [-0.15, -0.1) is 0 Å². The predicted molar refractivity (Wildman–Crippen MR) is 241 cm³/mol. The summed E-state index contributed by atoms with van der Waals surface area (Å²) in [4.78, 5) is 5.28. The van der Waals surface area contributed by atoms with Crippen molar-refractivity contribution in [1.82, 2.24) is 4.98 Å². The van der Waals surface area contributed by atoms with Crippen molar-refractivity contribution in [2.45, 2.75) is 19.3 Å². The van der Waals surface area contributed by atoms with Crippen molar-refractivity contribution in [3.8, 4) is 67.0 Å². The van der Waals surface area contributed by atoms with Crippen LogP contribution in [0.25, 0.3) is 99.3 Å². The van der Waals surface area contributed by atoms with Crippen LogP contribution >= 0.6 is 0 Å². The molecule has 9 aromatic carbocycles. The summed E-state index contributed by atoms with van der Waals surface area (Å²) in [6.45, 7) is 4.74. The van der Waals surface area contributed by atoms with Crippen LogP contribution in [0.4, 0.5) is 0 Å². The summed E-state index contributed by atoms with van der Waals surface area (Å²) in [5.74, 6) is 0. The van der Waals surface area contributed by atoms with Gasteiger partial charge in [-0.05, 0) is 112 Å². The zero-order valence-electron chi connectivity index (χ0n) is 32.0. The molecule has 0 N–H and O–H groups in total. The van der Waals surface area contributed by atoms with Gasteiger partial charge in [-0.25, -0.2) is 4.98 Å². The molecule has 0 unspecified atom stereocenters. The molecule has 268 valence electrons. The third-order valence-corrected chi connectivity index (χ3v) is 12.2. The van der Waals surface area contributed by atoms with Gasteiger partial charge in [0.2, 0.25) is 0 Å². The van der Waals surface area contributed by atoms with Gasteiger partial charge in [0, 0.05) is 16.5 Å². The van der Waals surface area contributed by atoms with E-state index < -0.39 is 0 Å². The molecule has 10 aromatic rings. The third kappa shape index (κ3) is 5.34. The van der Waals surface area contributed by atoms with Crippen LogP contribution < -0.4 is 0 Å². The molecular formula is C56H39N. The van der Waals surface area contributed by atoms with Gasteiger partial charge in [0.05, 0.1) is 11.4 Å². The minimum Gasteiger partial charge on any atom is -0.248 e. The average Bonchev–Trinajstić information content (AvgIpc) is 3.51. The van der Waals surface area contributed by atoms with E-state index in [0.29, 0.717) is 0 Å². The minimum atomic E-state index is -0.109. The first-order valence-corrected chi connectivity index (χ1v) is 19.9. The highest BCUT2D eigenvalue weighted by atomic mass is 14.7. The standard InChI is InChI=1S/C56H39N/c1-56(2)49-26-14-13-24-46(49)55-47(25-15-27-50(55)56)54-44-23-12-11-22-43(44)53(45-31-30-41(33-48(45)54)40-29-28-36-16-9-10-21-39(36)32-40)42-34-51(37-17-5-3-6-18-37)57-52(35-42)38-19-7-4-8-20-38/h3-35H,1-2H3. The second-order valence-electron chi connectivity index (χ2n) is 15.9. The van der Waals surface area contributed by atoms with Gasteiger partial charge in [0.1, 0.15) is 0 Å². The Bertz CT molecular complexity index is 3130. The SMILES string of the molecule is CC1(C)c2ccccc2-c2c(-c3c4ccccc4c(-c4cc(-c5ccccc5)nc(-c5ccccc5)c4)c4ccc(-c5ccc6ccccc6c5)cc34)cccc21. The molecule has 1 heteroatoms. The average molecular weight is 726 g/mol. The highest BCUT2D eigenvalue weighted by molar-refractivity contribution is 6.23. The van der Waals surface area contributed by atoms with Crippen LogP contribution in [0.15, 0.2) is 200 Å². The van der Waals surface area contributed by atoms with Crippen LogP contribution in [-0.4, -0.2) is 4.98 Å². The van der Waals surface area contributed by atoms with Gasteiger partial charge in [-0.3, -0.25) is 0 Å². The Morgan fingerprint density at radius 3 is 1.60 bits per heavy atom. The lowest BCUT2D eigenvalue weighted by atomic mass is 9.80. The second-order valence-corrected chi connectivity index (χ2v) is 15.9. The van der Waals surface area contributed by atoms with Crippen molar-refractivity contribution in [1.29, 1.82) is 0 Å². The predicted octanol–water partition coefficient (Wildman–Crippen LogP) is 15.2. The molecule has 0 fully saturated rings. The molecule has 0 saturated carbocycles. The quantitative estimate of drug-likeness (QED) is 0.161. The number of aromatic nitrogens is 1. The van der Waals surface area contributed by atoms with Crippen molar-refractivity contribution in [2.75, 3.05) is 0 Å². The van der Waals surface area contributed by atoms with Crippen molar-refractivity contribution >= 4 is 32.3 Å². The van der Waals surface area contributed by atoms with E-state index >= 15 is 0 Å². The maximum atomic E-state index is 5.28. The fourth-order valence-electron chi connectivity index (χ4n) is 9.48. The molecule has 1 aliphatic carbocycles. The molecule has 0 amide bonds. The molecule has 57 heavy (non-hydrogen) atoms. The van der Waals surface area contributed by atoms with Crippen LogP contribution in [0.1, 0.15) is 25.0 Å². The molecule has 1 nitrogen and oxygen atoms in total. The first kappa shape index (κ1) is 33.3. The van der Waals surface area contributed by atoms with Crippen LogP contribution in [-0.2, 0) is 5.41 Å². The Kier molecular flexibility index (Phi) is 7.59. The third-order valence-electron chi connectivity index (χ3n) is 12.2. The monoisotopic (exact) mass is 725 g/mol. The zero-order chi connectivity index (χ0) is 38.1. The molecule has 1 heterocycles. The summed E-state index contributed by atoms with van der Waals surface area (Å²) in [5.41, 5.74) is 16.8. The lowest BCUT2D eigenvalue weighted by Gasteiger charge is -2.23. The fraction of sp³-hybridized carbons (Fsp3) is 0.0536. The van der Waals surface area contributed by atoms with E-state index in [9.17, 15) is 0 Å². The van der Waals surface area contributed by atoms with E-state index in [-0.39, 0.29) is 5.41 Å². The van der Waals surface area contributed by atoms with Gasteiger partial charge < -0.3 is 0 Å². The van der Waals surface area contributed by atoms with E-state index in [2.05, 4.69) is 214 Å². The van der Waals surface area contributed by atoms with Crippen LogP contribution in [0.2, 0.25) is 0 Å². The van der Waals surface area contributed by atoms with Crippen molar-refractivity contribution in [2.24, 2.45) is 0 Å². The summed E-state index contributed by atoms with van der Waals surface area (Å²) < 4.78 is 0. The number of hydrogen-bond acceptors (Lipinski definition) is 1. The smallest absolute Gasteiger partial charge is 0.0715 e. The van der Waals surface area contributed by atoms with Crippen molar-refractivity contribution < 1.29 is 0 Å². The van der Waals surface area contributed by atoms with E-state index in [1.807, 2.05) is 0 Å². The zero-order valence-corrected chi connectivity index (χ0v) is 32.0. The summed E-state index contributed by atoms with van der Waals surface area (Å²) in [5, 5.41) is 7.42. The highest BCUT2D eigenvalue weighted by Gasteiger charge is 2.37. The normalized spacial score (nSPS) is 12.9. The lowest BCUT2D eigenvalue weighted by Crippen LogP contribution is -2.14. The number of fused-ring (bicyclic) bond motifs is 6. The first-order valence-electron chi connectivity index (χ1n) is 19.9. The molecule has 0 bridgehead atoms. The van der Waals surface area contributed by atoms with Crippen LogP contribution in [0, 0.1) is 0 Å². The van der Waals surface area contributed by atoms with Crippen LogP contribution in [0.3, 0.4) is 0 Å². The molecule has 0 radical (unpaired) electrons. The summed E-state index contributed by atoms with van der Waals surface area (Å²) >= 11 is 0. The second kappa shape index (κ2) is 13.0. The molecule has 0 spiro atoms. The molecule has 0 aliphatic heterocycles. The Balaban J connectivity index is 1.27. The Hall–Kier alpha value is -7.09. The number of nitrogens with zero attached hydrogens (tertiary/aromatic N) is 1. The van der Waals surface area contributed by atoms with Gasteiger partial charge in [0.25, 0.3) is 0 Å². The highest BCUT2D eigenvalue weighted by Crippen LogP contribution is 2.55. The van der Waals surface area contributed by atoms with Gasteiger partial charge in [0.15, 0.2) is 0 Å². The lowest BCUT2D eigenvalue weighted by molar-refractivity contribution is 0.660. The Morgan fingerprint density at radius 1 is 0.316 bits per heavy atom. The van der Waals surface area contributed by atoms with Gasteiger partial charge in [-0.1, -0.05) is 190 Å². The fourth-order valence-corrected chi connectivity index (χ4v) is 9.48. The van der Waals surface area contributed by atoms with E-state index in [0.717, 1.165) is 28.1 Å². The largest absolute Gasteiger partial charge is 0.248 e. The molecule has 11 rings (SSSR count). The van der Waals surface area contributed by atoms with E-state index in [1.54, 1.807) is 0 Å². The maximum absolute atomic E-state index is 5.28. The maximum Gasteiger partial charge on any atom is 0.0715 e. The Morgan fingerprint density at radius 2 is 0.860 bits per heavy atom. The van der Waals surface area contributed by atoms with Crippen LogP contribution in [0.5, 0.6) is 0 Å².